The van der Waals surface area contributed by atoms with Gasteiger partial charge < -0.3 is 9.64 Å². The third-order valence-corrected chi connectivity index (χ3v) is 4.29. The molecule has 19 heavy (non-hydrogen) atoms. The number of rotatable bonds is 1. The molecule has 1 heterocycles. The van der Waals surface area contributed by atoms with Crippen LogP contribution in [0.5, 0.6) is 0 Å². The van der Waals surface area contributed by atoms with E-state index in [2.05, 4.69) is 0 Å². The molecule has 0 aromatic heterocycles. The minimum atomic E-state index is 0.167. The Bertz CT molecular complexity index is 452. The number of hydrogen-bond donors (Lipinski definition) is 0. The molecule has 3 heteroatoms. The first-order valence-corrected chi connectivity index (χ1v) is 7.25. The lowest BCUT2D eigenvalue weighted by molar-refractivity contribution is -0.0752. The second kappa shape index (κ2) is 5.33. The molecule has 0 bridgehead atoms. The zero-order valence-corrected chi connectivity index (χ0v) is 11.5. The van der Waals surface area contributed by atoms with Gasteiger partial charge in [-0.1, -0.05) is 30.5 Å². The molecule has 0 N–H and O–H groups in total. The van der Waals surface area contributed by atoms with Gasteiger partial charge in [-0.25, -0.2) is 0 Å². The second-order valence-electron chi connectivity index (χ2n) is 5.63. The molecule has 1 aliphatic heterocycles. The molecule has 3 nitrogen and oxygen atoms in total. The molecule has 1 amide bonds. The first-order valence-electron chi connectivity index (χ1n) is 7.25. The number of benzene rings is 1. The molecule has 2 aliphatic rings. The van der Waals surface area contributed by atoms with Crippen molar-refractivity contribution in [1.29, 1.82) is 0 Å². The molecule has 102 valence electrons. The van der Waals surface area contributed by atoms with Crippen molar-refractivity contribution in [3.8, 4) is 0 Å². The predicted molar refractivity (Wildman–Crippen MR) is 74.2 cm³/mol. The average molecular weight is 259 g/mol. The van der Waals surface area contributed by atoms with Crippen LogP contribution in [-0.4, -0.2) is 36.1 Å². The van der Waals surface area contributed by atoms with Crippen LogP contribution in [0.25, 0.3) is 0 Å². The fourth-order valence-electron chi connectivity index (χ4n) is 3.21. The van der Waals surface area contributed by atoms with E-state index in [9.17, 15) is 4.79 Å². The fraction of sp³-hybridized carbons (Fsp3) is 0.562. The molecule has 3 rings (SSSR count). The van der Waals surface area contributed by atoms with E-state index in [4.69, 9.17) is 4.74 Å². The summed E-state index contributed by atoms with van der Waals surface area (Å²) in [7, 11) is 0. The first-order chi connectivity index (χ1) is 9.25. The van der Waals surface area contributed by atoms with Crippen LogP contribution in [0.4, 0.5) is 0 Å². The van der Waals surface area contributed by atoms with E-state index >= 15 is 0 Å². The highest BCUT2D eigenvalue weighted by molar-refractivity contribution is 5.94. The van der Waals surface area contributed by atoms with E-state index in [-0.39, 0.29) is 18.1 Å². The summed E-state index contributed by atoms with van der Waals surface area (Å²) in [5, 5.41) is 0. The molecule has 1 aromatic rings. The van der Waals surface area contributed by atoms with Crippen LogP contribution in [0.1, 0.15) is 41.6 Å². The Balaban J connectivity index is 1.79. The Hall–Kier alpha value is -1.35. The van der Waals surface area contributed by atoms with Crippen molar-refractivity contribution in [3.63, 3.8) is 0 Å². The quantitative estimate of drug-likeness (QED) is 0.776. The van der Waals surface area contributed by atoms with E-state index in [1.165, 1.54) is 18.4 Å². The van der Waals surface area contributed by atoms with E-state index in [0.717, 1.165) is 24.9 Å². The number of ether oxygens (including phenoxy) is 1. The minimum Gasteiger partial charge on any atom is -0.374 e. The maximum absolute atomic E-state index is 12.6. The monoisotopic (exact) mass is 259 g/mol. The zero-order chi connectivity index (χ0) is 13.2. The van der Waals surface area contributed by atoms with Crippen LogP contribution in [0.2, 0.25) is 0 Å². The molecule has 1 aromatic carbocycles. The van der Waals surface area contributed by atoms with Gasteiger partial charge >= 0.3 is 0 Å². The maximum Gasteiger partial charge on any atom is 0.254 e. The Kier molecular flexibility index (Phi) is 3.56. The van der Waals surface area contributed by atoms with Crippen LogP contribution in [0.3, 0.4) is 0 Å². The first kappa shape index (κ1) is 12.7. The van der Waals surface area contributed by atoms with Crippen LogP contribution in [-0.2, 0) is 4.74 Å². The van der Waals surface area contributed by atoms with Crippen molar-refractivity contribution >= 4 is 5.91 Å². The summed E-state index contributed by atoms with van der Waals surface area (Å²) in [6, 6.07) is 8.17. The number of morpholine rings is 1. The number of amides is 1. The third-order valence-electron chi connectivity index (χ3n) is 4.29. The third kappa shape index (κ3) is 2.52. The topological polar surface area (TPSA) is 29.5 Å². The van der Waals surface area contributed by atoms with Crippen molar-refractivity contribution < 1.29 is 9.53 Å². The lowest BCUT2D eigenvalue weighted by Gasteiger charge is -2.43. The summed E-state index contributed by atoms with van der Waals surface area (Å²) < 4.78 is 5.82. The van der Waals surface area contributed by atoms with Gasteiger partial charge in [-0.05, 0) is 31.9 Å². The summed E-state index contributed by atoms with van der Waals surface area (Å²) in [6.07, 6.45) is 4.89. The molecular formula is C16H21NO2. The Morgan fingerprint density at radius 3 is 2.74 bits per heavy atom. The fourth-order valence-corrected chi connectivity index (χ4v) is 3.21. The number of aryl methyl sites for hydroxylation is 1. The minimum absolute atomic E-state index is 0.167. The van der Waals surface area contributed by atoms with E-state index in [1.807, 2.05) is 36.1 Å². The molecule has 1 aliphatic carbocycles. The number of fused-ring (bicyclic) bond motifs is 1. The van der Waals surface area contributed by atoms with Crippen molar-refractivity contribution in [2.75, 3.05) is 13.2 Å². The molecular weight excluding hydrogens is 238 g/mol. The van der Waals surface area contributed by atoms with Crippen LogP contribution in [0, 0.1) is 6.92 Å². The Morgan fingerprint density at radius 2 is 1.95 bits per heavy atom. The number of hydrogen-bond acceptors (Lipinski definition) is 2. The lowest BCUT2D eigenvalue weighted by atomic mass is 9.89. The smallest absolute Gasteiger partial charge is 0.254 e. The van der Waals surface area contributed by atoms with Gasteiger partial charge in [0.1, 0.15) is 0 Å². The molecule has 0 unspecified atom stereocenters. The van der Waals surface area contributed by atoms with Gasteiger partial charge in [0.15, 0.2) is 0 Å². The average Bonchev–Trinajstić information content (AvgIpc) is 2.47. The number of carbonyl (C=O) groups excluding carboxylic acids is 1. The van der Waals surface area contributed by atoms with E-state index < -0.39 is 0 Å². The predicted octanol–water partition coefficient (Wildman–Crippen LogP) is 2.78. The number of carbonyl (C=O) groups is 1. The number of nitrogens with zero attached hydrogens (tertiary/aromatic N) is 1. The van der Waals surface area contributed by atoms with Crippen LogP contribution >= 0.6 is 0 Å². The van der Waals surface area contributed by atoms with Crippen molar-refractivity contribution in [3.05, 3.63) is 35.4 Å². The van der Waals surface area contributed by atoms with Gasteiger partial charge in [0.2, 0.25) is 0 Å². The Labute approximate surface area is 114 Å². The molecule has 0 spiro atoms. The normalized spacial score (nSPS) is 26.9. The van der Waals surface area contributed by atoms with Crippen LogP contribution in [0.15, 0.2) is 24.3 Å². The highest BCUT2D eigenvalue weighted by atomic mass is 16.5. The van der Waals surface area contributed by atoms with Crippen molar-refractivity contribution in [1.82, 2.24) is 4.90 Å². The molecule has 0 radical (unpaired) electrons. The molecule has 2 fully saturated rings. The highest BCUT2D eigenvalue weighted by Gasteiger charge is 2.36. The van der Waals surface area contributed by atoms with Gasteiger partial charge in [-0.15, -0.1) is 0 Å². The van der Waals surface area contributed by atoms with Gasteiger partial charge in [0.05, 0.1) is 18.8 Å². The largest absolute Gasteiger partial charge is 0.374 e. The lowest BCUT2D eigenvalue weighted by Crippen LogP contribution is -2.54. The van der Waals surface area contributed by atoms with Gasteiger partial charge in [-0.2, -0.15) is 0 Å². The summed E-state index contributed by atoms with van der Waals surface area (Å²) in [4.78, 5) is 14.7. The highest BCUT2D eigenvalue weighted by Crippen LogP contribution is 2.29. The van der Waals surface area contributed by atoms with Crippen molar-refractivity contribution in [2.45, 2.75) is 44.8 Å². The van der Waals surface area contributed by atoms with Gasteiger partial charge in [0.25, 0.3) is 5.91 Å². The maximum atomic E-state index is 12.6. The van der Waals surface area contributed by atoms with Crippen LogP contribution < -0.4 is 0 Å². The van der Waals surface area contributed by atoms with Gasteiger partial charge in [-0.3, -0.25) is 4.79 Å². The standard InChI is InChI=1S/C16H21NO2/c1-12-6-8-13(9-7-12)16(18)17-10-11-19-15-5-3-2-4-14(15)17/h6-9,14-15H,2-5,10-11H2,1H3/t14-,15+/m0/s1. The molecule has 2 atom stereocenters. The molecule has 1 saturated carbocycles. The molecule has 1 saturated heterocycles. The Morgan fingerprint density at radius 1 is 1.21 bits per heavy atom. The summed E-state index contributed by atoms with van der Waals surface area (Å²) >= 11 is 0. The summed E-state index contributed by atoms with van der Waals surface area (Å²) in [5.41, 5.74) is 1.99. The van der Waals surface area contributed by atoms with Gasteiger partial charge in [0, 0.05) is 12.1 Å². The van der Waals surface area contributed by atoms with E-state index in [0.29, 0.717) is 6.61 Å². The van der Waals surface area contributed by atoms with Crippen molar-refractivity contribution in [2.24, 2.45) is 0 Å². The summed E-state index contributed by atoms with van der Waals surface area (Å²) in [5.74, 6) is 0.167. The van der Waals surface area contributed by atoms with E-state index in [1.54, 1.807) is 0 Å². The summed E-state index contributed by atoms with van der Waals surface area (Å²) in [6.45, 7) is 3.45. The second-order valence-corrected chi connectivity index (χ2v) is 5.63. The zero-order valence-electron chi connectivity index (χ0n) is 11.5. The SMILES string of the molecule is Cc1ccc(C(=O)N2CCO[C@@H]3CCCC[C@@H]32)cc1.